The van der Waals surface area contributed by atoms with Gasteiger partial charge >= 0.3 is 0 Å². The molecule has 3 rings (SSSR count). The van der Waals surface area contributed by atoms with Crippen LogP contribution in [0.1, 0.15) is 10.4 Å². The molecule has 4 heteroatoms. The SMILES string of the molecule is O=C(NN(CSc1ccccc1)c1ccccc1)c1ccccc1. The lowest BCUT2D eigenvalue weighted by atomic mass is 10.2. The third kappa shape index (κ3) is 4.40. The fourth-order valence-electron chi connectivity index (χ4n) is 2.21. The van der Waals surface area contributed by atoms with E-state index in [4.69, 9.17) is 0 Å². The molecule has 0 bridgehead atoms. The second-order valence-corrected chi connectivity index (χ2v) is 6.18. The summed E-state index contributed by atoms with van der Waals surface area (Å²) in [7, 11) is 0. The molecule has 3 aromatic carbocycles. The lowest BCUT2D eigenvalue weighted by Crippen LogP contribution is -2.42. The van der Waals surface area contributed by atoms with Gasteiger partial charge in [0.05, 0.1) is 11.6 Å². The molecular formula is C20H18N2OS. The summed E-state index contributed by atoms with van der Waals surface area (Å²) in [5.74, 6) is 0.500. The zero-order valence-corrected chi connectivity index (χ0v) is 13.9. The number of nitrogens with one attached hydrogen (secondary N) is 1. The maximum atomic E-state index is 12.5. The zero-order valence-electron chi connectivity index (χ0n) is 13.1. The third-order valence-electron chi connectivity index (χ3n) is 3.44. The number of nitrogens with zero attached hydrogens (tertiary/aromatic N) is 1. The number of para-hydroxylation sites is 1. The average Bonchev–Trinajstić information content (AvgIpc) is 2.67. The summed E-state index contributed by atoms with van der Waals surface area (Å²) in [4.78, 5) is 13.6. The first-order chi connectivity index (χ1) is 11.8. The molecule has 1 N–H and O–H groups in total. The number of amides is 1. The number of anilines is 1. The van der Waals surface area contributed by atoms with Crippen molar-refractivity contribution in [1.82, 2.24) is 5.43 Å². The lowest BCUT2D eigenvalue weighted by Gasteiger charge is -2.25. The fourth-order valence-corrected chi connectivity index (χ4v) is 3.05. The maximum absolute atomic E-state index is 12.5. The van der Waals surface area contributed by atoms with Crippen LogP contribution < -0.4 is 10.4 Å². The first-order valence-electron chi connectivity index (χ1n) is 7.69. The van der Waals surface area contributed by atoms with E-state index in [0.29, 0.717) is 11.4 Å². The summed E-state index contributed by atoms with van der Waals surface area (Å²) in [6.07, 6.45) is 0. The number of rotatable bonds is 6. The molecule has 1 amide bonds. The average molecular weight is 334 g/mol. The zero-order chi connectivity index (χ0) is 16.6. The van der Waals surface area contributed by atoms with Gasteiger partial charge in [-0.15, -0.1) is 11.8 Å². The predicted molar refractivity (Wildman–Crippen MR) is 100.0 cm³/mol. The highest BCUT2D eigenvalue weighted by Gasteiger charge is 2.12. The molecule has 0 aliphatic rings. The van der Waals surface area contributed by atoms with Gasteiger partial charge in [0.1, 0.15) is 0 Å². The minimum Gasteiger partial charge on any atom is -0.275 e. The van der Waals surface area contributed by atoms with E-state index in [1.807, 2.05) is 83.9 Å². The first kappa shape index (κ1) is 16.1. The van der Waals surface area contributed by atoms with Crippen LogP contribution >= 0.6 is 11.8 Å². The molecule has 0 aliphatic heterocycles. The standard InChI is InChI=1S/C20H18N2OS/c23-20(17-10-4-1-5-11-17)21-22(18-12-6-2-7-13-18)16-24-19-14-8-3-9-15-19/h1-15H,16H2,(H,21,23). The van der Waals surface area contributed by atoms with Gasteiger partial charge in [-0.1, -0.05) is 54.6 Å². The quantitative estimate of drug-likeness (QED) is 0.406. The molecule has 24 heavy (non-hydrogen) atoms. The number of carbonyl (C=O) groups is 1. The van der Waals surface area contributed by atoms with Crippen LogP contribution in [0, 0.1) is 0 Å². The van der Waals surface area contributed by atoms with Crippen LogP contribution in [0.4, 0.5) is 5.69 Å². The third-order valence-corrected chi connectivity index (χ3v) is 4.44. The van der Waals surface area contributed by atoms with Gasteiger partial charge in [0.15, 0.2) is 0 Å². The van der Waals surface area contributed by atoms with Gasteiger partial charge < -0.3 is 0 Å². The molecule has 0 unspecified atom stereocenters. The van der Waals surface area contributed by atoms with E-state index in [0.717, 1.165) is 10.6 Å². The number of hydrogen-bond donors (Lipinski definition) is 1. The lowest BCUT2D eigenvalue weighted by molar-refractivity contribution is 0.0951. The van der Waals surface area contributed by atoms with Crippen LogP contribution in [-0.2, 0) is 0 Å². The van der Waals surface area contributed by atoms with Crippen molar-refractivity contribution in [2.24, 2.45) is 0 Å². The highest BCUT2D eigenvalue weighted by molar-refractivity contribution is 7.99. The van der Waals surface area contributed by atoms with Gasteiger partial charge in [0.25, 0.3) is 5.91 Å². The summed E-state index contributed by atoms with van der Waals surface area (Å²) in [6.45, 7) is 0. The molecule has 0 aromatic heterocycles. The second kappa shape index (κ2) is 8.22. The summed E-state index contributed by atoms with van der Waals surface area (Å²) < 4.78 is 0. The molecule has 0 spiro atoms. The van der Waals surface area contributed by atoms with Crippen molar-refractivity contribution in [1.29, 1.82) is 0 Å². The smallest absolute Gasteiger partial charge is 0.269 e. The number of thioether (sulfide) groups is 1. The largest absolute Gasteiger partial charge is 0.275 e. The van der Waals surface area contributed by atoms with Crippen LogP contribution in [0.5, 0.6) is 0 Å². The molecule has 3 aromatic rings. The molecule has 0 atom stereocenters. The maximum Gasteiger partial charge on any atom is 0.269 e. The predicted octanol–water partition coefficient (Wildman–Crippen LogP) is 4.59. The minimum atomic E-state index is -0.117. The Bertz CT molecular complexity index is 763. The Morgan fingerprint density at radius 2 is 1.33 bits per heavy atom. The topological polar surface area (TPSA) is 32.3 Å². The Labute approximate surface area is 146 Å². The Kier molecular flexibility index (Phi) is 5.53. The van der Waals surface area contributed by atoms with Crippen molar-refractivity contribution in [3.63, 3.8) is 0 Å². The van der Waals surface area contributed by atoms with Crippen molar-refractivity contribution in [2.75, 3.05) is 10.9 Å². The van der Waals surface area contributed by atoms with Crippen molar-refractivity contribution >= 4 is 23.4 Å². The highest BCUT2D eigenvalue weighted by atomic mass is 32.2. The molecule has 0 fully saturated rings. The Morgan fingerprint density at radius 3 is 1.96 bits per heavy atom. The summed E-state index contributed by atoms with van der Waals surface area (Å²) >= 11 is 1.67. The van der Waals surface area contributed by atoms with Crippen molar-refractivity contribution in [3.05, 3.63) is 96.6 Å². The molecule has 0 aliphatic carbocycles. The van der Waals surface area contributed by atoms with Crippen LogP contribution in [-0.4, -0.2) is 11.8 Å². The molecule has 3 nitrogen and oxygen atoms in total. The van der Waals surface area contributed by atoms with Crippen LogP contribution in [0.15, 0.2) is 95.9 Å². The van der Waals surface area contributed by atoms with Gasteiger partial charge in [-0.25, -0.2) is 0 Å². The van der Waals surface area contributed by atoms with Crippen LogP contribution in [0.2, 0.25) is 0 Å². The molecule has 0 saturated heterocycles. The Morgan fingerprint density at radius 1 is 0.792 bits per heavy atom. The first-order valence-corrected chi connectivity index (χ1v) is 8.68. The minimum absolute atomic E-state index is 0.117. The molecule has 0 saturated carbocycles. The van der Waals surface area contributed by atoms with Gasteiger partial charge in [0.2, 0.25) is 0 Å². The Hall–Kier alpha value is -2.72. The van der Waals surface area contributed by atoms with E-state index in [9.17, 15) is 4.79 Å². The van der Waals surface area contributed by atoms with Crippen molar-refractivity contribution < 1.29 is 4.79 Å². The van der Waals surface area contributed by atoms with E-state index in [-0.39, 0.29) is 5.91 Å². The second-order valence-electron chi connectivity index (χ2n) is 5.16. The highest BCUT2D eigenvalue weighted by Crippen LogP contribution is 2.21. The summed E-state index contributed by atoms with van der Waals surface area (Å²) in [6, 6.07) is 29.2. The van der Waals surface area contributed by atoms with Gasteiger partial charge in [-0.3, -0.25) is 15.2 Å². The van der Waals surface area contributed by atoms with Crippen LogP contribution in [0.3, 0.4) is 0 Å². The monoisotopic (exact) mass is 334 g/mol. The van der Waals surface area contributed by atoms with Crippen molar-refractivity contribution in [2.45, 2.75) is 4.90 Å². The Balaban J connectivity index is 1.74. The van der Waals surface area contributed by atoms with E-state index in [2.05, 4.69) is 17.6 Å². The van der Waals surface area contributed by atoms with Gasteiger partial charge in [-0.05, 0) is 36.4 Å². The van der Waals surface area contributed by atoms with Crippen molar-refractivity contribution in [3.8, 4) is 0 Å². The van der Waals surface area contributed by atoms with E-state index in [1.54, 1.807) is 11.8 Å². The summed E-state index contributed by atoms with van der Waals surface area (Å²) in [5.41, 5.74) is 4.58. The molecular weight excluding hydrogens is 316 g/mol. The molecule has 0 radical (unpaired) electrons. The fraction of sp³-hybridized carbons (Fsp3) is 0.0500. The number of carbonyl (C=O) groups excluding carboxylic acids is 1. The summed E-state index contributed by atoms with van der Waals surface area (Å²) in [5, 5.41) is 1.87. The van der Waals surface area contributed by atoms with Gasteiger partial charge in [-0.2, -0.15) is 0 Å². The number of hydrogen-bond acceptors (Lipinski definition) is 3. The van der Waals surface area contributed by atoms with Crippen LogP contribution in [0.25, 0.3) is 0 Å². The number of benzene rings is 3. The molecule has 0 heterocycles. The number of hydrazine groups is 1. The van der Waals surface area contributed by atoms with E-state index >= 15 is 0 Å². The van der Waals surface area contributed by atoms with E-state index in [1.165, 1.54) is 0 Å². The molecule has 120 valence electrons. The van der Waals surface area contributed by atoms with E-state index < -0.39 is 0 Å². The normalized spacial score (nSPS) is 10.2. The van der Waals surface area contributed by atoms with Gasteiger partial charge in [0, 0.05) is 10.5 Å².